The third-order valence-corrected chi connectivity index (χ3v) is 3.16. The molecule has 0 spiro atoms. The molecular weight excluding hydrogens is 335 g/mol. The van der Waals surface area contributed by atoms with Gasteiger partial charge in [0.05, 0.1) is 0 Å². The van der Waals surface area contributed by atoms with Gasteiger partial charge in [-0.05, 0) is 39.7 Å². The maximum Gasteiger partial charge on any atom is 0.573 e. The Bertz CT molecular complexity index is 572. The molecule has 0 saturated carbocycles. The highest BCUT2D eigenvalue weighted by molar-refractivity contribution is 9.10. The van der Waals surface area contributed by atoms with Crippen LogP contribution >= 0.6 is 15.9 Å². The molecule has 0 saturated heterocycles. The Kier molecular flexibility index (Phi) is 4.54. The third-order valence-electron chi connectivity index (χ3n) is 2.50. The molecule has 2 aromatic carbocycles. The van der Waals surface area contributed by atoms with E-state index < -0.39 is 6.36 Å². The van der Waals surface area contributed by atoms with Crippen molar-refractivity contribution in [1.82, 2.24) is 0 Å². The lowest BCUT2D eigenvalue weighted by atomic mass is 10.2. The van der Waals surface area contributed by atoms with Gasteiger partial charge >= 0.3 is 6.36 Å². The fourth-order valence-electron chi connectivity index (χ4n) is 1.63. The number of nitrogens with one attached hydrogen (secondary N) is 1. The summed E-state index contributed by atoms with van der Waals surface area (Å²) >= 11 is 3.22. The van der Waals surface area contributed by atoms with E-state index in [0.29, 0.717) is 16.7 Å². The number of hydrogen-bond donors (Lipinski definition) is 1. The molecule has 0 fully saturated rings. The monoisotopic (exact) mass is 345 g/mol. The predicted octanol–water partition coefficient (Wildman–Crippen LogP) is 4.96. The van der Waals surface area contributed by atoms with E-state index in [2.05, 4.69) is 26.0 Å². The second kappa shape index (κ2) is 6.17. The maximum absolute atomic E-state index is 12.1. The highest BCUT2D eigenvalue weighted by atomic mass is 79.9. The molecule has 0 unspecified atom stereocenters. The molecule has 0 amide bonds. The minimum Gasteiger partial charge on any atom is -0.406 e. The average molecular weight is 346 g/mol. The minimum absolute atomic E-state index is 0.255. The molecule has 1 N–H and O–H groups in total. The fraction of sp³-hybridized carbons (Fsp3) is 0.143. The molecule has 2 aromatic rings. The quantitative estimate of drug-likeness (QED) is 0.845. The van der Waals surface area contributed by atoms with Crippen LogP contribution in [0.5, 0.6) is 5.75 Å². The van der Waals surface area contributed by atoms with Crippen LogP contribution in [0.1, 0.15) is 5.56 Å². The van der Waals surface area contributed by atoms with Crippen molar-refractivity contribution in [2.75, 3.05) is 5.32 Å². The van der Waals surface area contributed by atoms with Gasteiger partial charge in [-0.25, -0.2) is 0 Å². The Hall–Kier alpha value is -1.69. The number of benzene rings is 2. The lowest BCUT2D eigenvalue weighted by Crippen LogP contribution is -2.17. The molecule has 0 radical (unpaired) electrons. The number of ether oxygens (including phenoxy) is 1. The summed E-state index contributed by atoms with van der Waals surface area (Å²) in [5.74, 6) is -0.255. The molecule has 2 nitrogen and oxygen atoms in total. The zero-order valence-electron chi connectivity index (χ0n) is 10.2. The maximum atomic E-state index is 12.1. The zero-order valence-corrected chi connectivity index (χ0v) is 11.8. The molecule has 0 bridgehead atoms. The minimum atomic E-state index is -4.68. The molecule has 0 heterocycles. The smallest absolute Gasteiger partial charge is 0.406 e. The van der Waals surface area contributed by atoms with E-state index in [1.54, 1.807) is 0 Å². The van der Waals surface area contributed by atoms with Gasteiger partial charge in [0.25, 0.3) is 0 Å². The van der Waals surface area contributed by atoms with Gasteiger partial charge in [0.2, 0.25) is 0 Å². The fourth-order valence-corrected chi connectivity index (χ4v) is 2.13. The lowest BCUT2D eigenvalue weighted by molar-refractivity contribution is -0.274. The van der Waals surface area contributed by atoms with Crippen LogP contribution in [0.25, 0.3) is 0 Å². The van der Waals surface area contributed by atoms with Crippen LogP contribution < -0.4 is 10.1 Å². The number of alkyl halides is 3. The largest absolute Gasteiger partial charge is 0.573 e. The first kappa shape index (κ1) is 14.7. The Labute approximate surface area is 122 Å². The SMILES string of the molecule is FC(F)(F)Oc1ccc(NCc2ccccc2)c(Br)c1. The zero-order chi connectivity index (χ0) is 14.6. The first-order valence-corrected chi connectivity index (χ1v) is 6.56. The van der Waals surface area contributed by atoms with E-state index in [1.807, 2.05) is 30.3 Å². The van der Waals surface area contributed by atoms with Crippen molar-refractivity contribution in [1.29, 1.82) is 0 Å². The molecule has 20 heavy (non-hydrogen) atoms. The molecular formula is C14H11BrF3NO. The first-order chi connectivity index (χ1) is 9.44. The van der Waals surface area contributed by atoms with Gasteiger partial charge in [0, 0.05) is 16.7 Å². The second-order valence-corrected chi connectivity index (χ2v) is 4.88. The summed E-state index contributed by atoms with van der Waals surface area (Å²) in [7, 11) is 0. The third kappa shape index (κ3) is 4.45. The van der Waals surface area contributed by atoms with Crippen LogP contribution in [0.15, 0.2) is 53.0 Å². The van der Waals surface area contributed by atoms with Gasteiger partial charge in [0.1, 0.15) is 5.75 Å². The van der Waals surface area contributed by atoms with E-state index in [4.69, 9.17) is 0 Å². The van der Waals surface area contributed by atoms with Crippen LogP contribution in [-0.2, 0) is 6.54 Å². The highest BCUT2D eigenvalue weighted by Crippen LogP contribution is 2.30. The molecule has 0 aliphatic heterocycles. The summed E-state index contributed by atoms with van der Waals surface area (Å²) in [5, 5.41) is 3.14. The van der Waals surface area contributed by atoms with Gasteiger partial charge in [-0.15, -0.1) is 13.2 Å². The molecule has 0 atom stereocenters. The standard InChI is InChI=1S/C14H11BrF3NO/c15-12-8-11(20-14(16,17)18)6-7-13(12)19-9-10-4-2-1-3-5-10/h1-8,19H,9H2. The predicted molar refractivity (Wildman–Crippen MR) is 74.6 cm³/mol. The molecule has 0 aliphatic rings. The highest BCUT2D eigenvalue weighted by Gasteiger charge is 2.31. The topological polar surface area (TPSA) is 21.3 Å². The van der Waals surface area contributed by atoms with Crippen molar-refractivity contribution in [3.05, 3.63) is 58.6 Å². The number of anilines is 1. The number of halogens is 4. The summed E-state index contributed by atoms with van der Waals surface area (Å²) < 4.78 is 40.6. The lowest BCUT2D eigenvalue weighted by Gasteiger charge is -2.12. The van der Waals surface area contributed by atoms with Gasteiger partial charge in [-0.1, -0.05) is 30.3 Å². The molecule has 106 valence electrons. The molecule has 0 aliphatic carbocycles. The molecule has 6 heteroatoms. The summed E-state index contributed by atoms with van der Waals surface area (Å²) in [4.78, 5) is 0. The molecule has 2 rings (SSSR count). The first-order valence-electron chi connectivity index (χ1n) is 5.77. The van der Waals surface area contributed by atoms with Gasteiger partial charge in [0.15, 0.2) is 0 Å². The Morgan fingerprint density at radius 2 is 1.75 bits per heavy atom. The number of rotatable bonds is 4. The van der Waals surface area contributed by atoms with Crippen molar-refractivity contribution in [2.45, 2.75) is 12.9 Å². The van der Waals surface area contributed by atoms with E-state index in [9.17, 15) is 13.2 Å². The second-order valence-electron chi connectivity index (χ2n) is 4.03. The van der Waals surface area contributed by atoms with Crippen LogP contribution in [-0.4, -0.2) is 6.36 Å². The molecule has 0 aromatic heterocycles. The Balaban J connectivity index is 2.03. The Morgan fingerprint density at radius 1 is 1.05 bits per heavy atom. The summed E-state index contributed by atoms with van der Waals surface area (Å²) in [6.07, 6.45) is -4.68. The Morgan fingerprint density at radius 3 is 2.35 bits per heavy atom. The number of hydrogen-bond acceptors (Lipinski definition) is 2. The van der Waals surface area contributed by atoms with Crippen LogP contribution in [0.2, 0.25) is 0 Å². The van der Waals surface area contributed by atoms with Crippen LogP contribution in [0.3, 0.4) is 0 Å². The van der Waals surface area contributed by atoms with Gasteiger partial charge in [-0.3, -0.25) is 0 Å². The van der Waals surface area contributed by atoms with Crippen molar-refractivity contribution >= 4 is 21.6 Å². The van der Waals surface area contributed by atoms with E-state index >= 15 is 0 Å². The van der Waals surface area contributed by atoms with Crippen LogP contribution in [0, 0.1) is 0 Å². The summed E-state index contributed by atoms with van der Waals surface area (Å²) in [5.41, 5.74) is 1.78. The van der Waals surface area contributed by atoms with Gasteiger partial charge in [-0.2, -0.15) is 0 Å². The summed E-state index contributed by atoms with van der Waals surface area (Å²) in [6, 6.07) is 13.8. The van der Waals surface area contributed by atoms with Crippen molar-refractivity contribution in [2.24, 2.45) is 0 Å². The van der Waals surface area contributed by atoms with E-state index in [0.717, 1.165) is 5.56 Å². The van der Waals surface area contributed by atoms with E-state index in [-0.39, 0.29) is 5.75 Å². The van der Waals surface area contributed by atoms with Gasteiger partial charge < -0.3 is 10.1 Å². The van der Waals surface area contributed by atoms with E-state index in [1.165, 1.54) is 18.2 Å². The van der Waals surface area contributed by atoms with Crippen molar-refractivity contribution in [3.8, 4) is 5.75 Å². The normalized spacial score (nSPS) is 11.2. The van der Waals surface area contributed by atoms with Crippen molar-refractivity contribution < 1.29 is 17.9 Å². The average Bonchev–Trinajstić information content (AvgIpc) is 2.37. The van der Waals surface area contributed by atoms with Crippen molar-refractivity contribution in [3.63, 3.8) is 0 Å². The summed E-state index contributed by atoms with van der Waals surface area (Å²) in [6.45, 7) is 0.582. The van der Waals surface area contributed by atoms with Crippen LogP contribution in [0.4, 0.5) is 18.9 Å².